The number of benzene rings is 3. The van der Waals surface area contributed by atoms with Gasteiger partial charge in [0.25, 0.3) is 0 Å². The molecule has 160 valence electrons. The summed E-state index contributed by atoms with van der Waals surface area (Å²) in [4.78, 5) is 21.5. The molecule has 5 aromatic rings. The molecule has 33 heavy (non-hydrogen) atoms. The quantitative estimate of drug-likeness (QED) is 0.150. The van der Waals surface area contributed by atoms with Crippen molar-refractivity contribution in [1.82, 2.24) is 4.98 Å². The summed E-state index contributed by atoms with van der Waals surface area (Å²) in [6.07, 6.45) is 1.50. The zero-order valence-corrected chi connectivity index (χ0v) is 19.2. The van der Waals surface area contributed by atoms with Crippen LogP contribution in [0.5, 0.6) is 0 Å². The molecule has 0 spiro atoms. The molecule has 0 aliphatic carbocycles. The molecule has 1 atom stereocenters. The normalized spacial score (nSPS) is 12.4. The van der Waals surface area contributed by atoms with Gasteiger partial charge < -0.3 is 4.42 Å². The van der Waals surface area contributed by atoms with Crippen molar-refractivity contribution in [2.24, 2.45) is 4.99 Å². The van der Waals surface area contributed by atoms with E-state index in [2.05, 4.69) is 16.0 Å². The van der Waals surface area contributed by atoms with E-state index in [1.54, 1.807) is 35.7 Å². The van der Waals surface area contributed by atoms with Crippen LogP contribution in [0.4, 0.5) is 5.69 Å². The predicted octanol–water partition coefficient (Wildman–Crippen LogP) is 7.39. The molecule has 0 N–H and O–H groups in total. The third-order valence-corrected chi connectivity index (χ3v) is 6.79. The van der Waals surface area contributed by atoms with Crippen LogP contribution in [0, 0.1) is 11.3 Å². The summed E-state index contributed by atoms with van der Waals surface area (Å²) in [5.41, 5.74) is 1.42. The van der Waals surface area contributed by atoms with Crippen LogP contribution in [-0.2, 0) is 0 Å². The van der Waals surface area contributed by atoms with Gasteiger partial charge in [-0.15, -0.1) is 11.3 Å². The second kappa shape index (κ2) is 8.80. The lowest BCUT2D eigenvalue weighted by Gasteiger charge is -2.04. The van der Waals surface area contributed by atoms with Crippen LogP contribution in [0.15, 0.2) is 80.2 Å². The van der Waals surface area contributed by atoms with Gasteiger partial charge in [0.15, 0.2) is 0 Å². The standard InChI is InChI=1S/C25H13Cl2N3O2S/c26-20-7-6-16(9-21(20)27)29-12-15(11-28)24-30-22(13-33-24)19-10-18-17-4-2-1-3-14(17)5-8-23(18)32-25(19)31/h1-10,12-13,15H. The molecule has 3 aromatic carbocycles. The summed E-state index contributed by atoms with van der Waals surface area (Å²) in [6, 6.07) is 20.6. The van der Waals surface area contributed by atoms with Gasteiger partial charge in [-0.25, -0.2) is 9.78 Å². The van der Waals surface area contributed by atoms with Crippen molar-refractivity contribution in [3.63, 3.8) is 0 Å². The number of thiazole rings is 1. The third kappa shape index (κ3) is 4.14. The molecule has 8 heteroatoms. The maximum atomic E-state index is 12.7. The molecular formula is C25H13Cl2N3O2S. The fraction of sp³-hybridized carbons (Fsp3) is 0.0400. The number of hydrogen-bond acceptors (Lipinski definition) is 6. The molecule has 0 aliphatic rings. The van der Waals surface area contributed by atoms with E-state index in [0.717, 1.165) is 16.2 Å². The van der Waals surface area contributed by atoms with Gasteiger partial charge in [0.2, 0.25) is 0 Å². The maximum Gasteiger partial charge on any atom is 0.345 e. The van der Waals surface area contributed by atoms with E-state index in [1.165, 1.54) is 17.6 Å². The SMILES string of the molecule is N#CC(C=Nc1ccc(Cl)c(Cl)c1)c1nc(-c2cc3c(ccc4ccccc43)oc2=O)cs1. The van der Waals surface area contributed by atoms with Crippen molar-refractivity contribution in [2.75, 3.05) is 0 Å². The summed E-state index contributed by atoms with van der Waals surface area (Å²) in [5, 5.41) is 15.6. The molecule has 0 aliphatic heterocycles. The zero-order chi connectivity index (χ0) is 22.9. The van der Waals surface area contributed by atoms with E-state index in [4.69, 9.17) is 27.6 Å². The molecule has 0 fully saturated rings. The largest absolute Gasteiger partial charge is 0.422 e. The minimum absolute atomic E-state index is 0.347. The topological polar surface area (TPSA) is 79.2 Å². The monoisotopic (exact) mass is 489 g/mol. The molecule has 5 rings (SSSR count). The summed E-state index contributed by atoms with van der Waals surface area (Å²) in [7, 11) is 0. The molecule has 0 bridgehead atoms. The molecule has 1 unspecified atom stereocenters. The molecule has 0 amide bonds. The Bertz CT molecular complexity index is 1650. The first kappa shape index (κ1) is 21.4. The Morgan fingerprint density at radius 2 is 1.91 bits per heavy atom. The minimum Gasteiger partial charge on any atom is -0.422 e. The Balaban J connectivity index is 1.52. The van der Waals surface area contributed by atoms with E-state index in [0.29, 0.717) is 37.6 Å². The van der Waals surface area contributed by atoms with Gasteiger partial charge in [-0.2, -0.15) is 5.26 Å². The Morgan fingerprint density at radius 3 is 2.73 bits per heavy atom. The first-order chi connectivity index (χ1) is 16.0. The summed E-state index contributed by atoms with van der Waals surface area (Å²) >= 11 is 13.2. The van der Waals surface area contributed by atoms with E-state index < -0.39 is 11.5 Å². The summed E-state index contributed by atoms with van der Waals surface area (Å²) in [5.74, 6) is -0.688. The van der Waals surface area contributed by atoms with Crippen molar-refractivity contribution in [2.45, 2.75) is 5.92 Å². The van der Waals surface area contributed by atoms with Crippen LogP contribution >= 0.6 is 34.5 Å². The van der Waals surface area contributed by atoms with E-state index in [9.17, 15) is 10.1 Å². The average Bonchev–Trinajstić information content (AvgIpc) is 3.31. The van der Waals surface area contributed by atoms with Crippen molar-refractivity contribution < 1.29 is 4.42 Å². The third-order valence-electron chi connectivity index (χ3n) is 5.12. The van der Waals surface area contributed by atoms with Gasteiger partial charge in [0.1, 0.15) is 16.5 Å². The van der Waals surface area contributed by atoms with Crippen molar-refractivity contribution in [3.05, 3.63) is 91.5 Å². The highest BCUT2D eigenvalue weighted by atomic mass is 35.5. The van der Waals surface area contributed by atoms with Crippen LogP contribution in [0.3, 0.4) is 0 Å². The van der Waals surface area contributed by atoms with Crippen LogP contribution in [0.2, 0.25) is 10.0 Å². The fourth-order valence-corrected chi connectivity index (χ4v) is 4.60. The number of nitriles is 1. The number of rotatable bonds is 4. The van der Waals surface area contributed by atoms with E-state index >= 15 is 0 Å². The molecule has 2 heterocycles. The van der Waals surface area contributed by atoms with Crippen LogP contribution < -0.4 is 5.63 Å². The Morgan fingerprint density at radius 1 is 1.06 bits per heavy atom. The molecule has 0 saturated carbocycles. The van der Waals surface area contributed by atoms with Gasteiger partial charge in [-0.3, -0.25) is 4.99 Å². The number of nitrogens with zero attached hydrogens (tertiary/aromatic N) is 3. The van der Waals surface area contributed by atoms with Crippen LogP contribution in [0.25, 0.3) is 33.0 Å². The van der Waals surface area contributed by atoms with Gasteiger partial charge in [0.05, 0.1) is 33.1 Å². The zero-order valence-electron chi connectivity index (χ0n) is 16.8. The smallest absolute Gasteiger partial charge is 0.345 e. The molecule has 2 aromatic heterocycles. The Hall–Kier alpha value is -3.50. The highest BCUT2D eigenvalue weighted by Crippen LogP contribution is 2.30. The number of aliphatic imine (C=N–C) groups is 1. The van der Waals surface area contributed by atoms with E-state index in [1.807, 2.05) is 30.3 Å². The molecule has 0 saturated heterocycles. The van der Waals surface area contributed by atoms with Crippen molar-refractivity contribution in [1.29, 1.82) is 5.26 Å². The van der Waals surface area contributed by atoms with Crippen LogP contribution in [-0.4, -0.2) is 11.2 Å². The van der Waals surface area contributed by atoms with E-state index in [-0.39, 0.29) is 0 Å². The van der Waals surface area contributed by atoms with Gasteiger partial charge in [0, 0.05) is 17.0 Å². The predicted molar refractivity (Wildman–Crippen MR) is 134 cm³/mol. The van der Waals surface area contributed by atoms with Gasteiger partial charge >= 0.3 is 5.63 Å². The summed E-state index contributed by atoms with van der Waals surface area (Å²) < 4.78 is 5.57. The summed E-state index contributed by atoms with van der Waals surface area (Å²) in [6.45, 7) is 0. The lowest BCUT2D eigenvalue weighted by molar-refractivity contribution is 0.563. The fourth-order valence-electron chi connectivity index (χ4n) is 3.48. The molecule has 0 radical (unpaired) electrons. The van der Waals surface area contributed by atoms with Crippen molar-refractivity contribution >= 4 is 68.2 Å². The van der Waals surface area contributed by atoms with Gasteiger partial charge in [-0.1, -0.05) is 53.5 Å². The first-order valence-corrected chi connectivity index (χ1v) is 11.5. The van der Waals surface area contributed by atoms with Crippen molar-refractivity contribution in [3.8, 4) is 17.3 Å². The highest BCUT2D eigenvalue weighted by Gasteiger charge is 2.17. The number of hydrogen-bond donors (Lipinski definition) is 0. The van der Waals surface area contributed by atoms with Gasteiger partial charge in [-0.05, 0) is 41.1 Å². The minimum atomic E-state index is -0.688. The highest BCUT2D eigenvalue weighted by molar-refractivity contribution is 7.10. The second-order valence-electron chi connectivity index (χ2n) is 7.20. The second-order valence-corrected chi connectivity index (χ2v) is 8.90. The molecular weight excluding hydrogens is 477 g/mol. The Kier molecular flexibility index (Phi) is 5.69. The van der Waals surface area contributed by atoms with Crippen LogP contribution in [0.1, 0.15) is 10.9 Å². The lowest BCUT2D eigenvalue weighted by atomic mass is 10.0. The lowest BCUT2D eigenvalue weighted by Crippen LogP contribution is -2.04. The number of halogens is 2. The Labute approximate surface area is 202 Å². The number of fused-ring (bicyclic) bond motifs is 3. The molecule has 5 nitrogen and oxygen atoms in total. The number of aromatic nitrogens is 1. The first-order valence-electron chi connectivity index (χ1n) is 9.84. The average molecular weight is 490 g/mol. The maximum absolute atomic E-state index is 12.7.